The molecule has 0 aromatic rings. The predicted octanol–water partition coefficient (Wildman–Crippen LogP) is 9.55. The molecule has 1 aliphatic rings. The Hall–Kier alpha value is -0.260. The molecule has 6 atom stereocenters. The Balaban J connectivity index is 2.34. The molecule has 0 saturated heterocycles. The van der Waals surface area contributed by atoms with Gasteiger partial charge in [-0.15, -0.1) is 0 Å². The molecule has 0 bridgehead atoms. The summed E-state index contributed by atoms with van der Waals surface area (Å²) in [5.41, 5.74) is 1.98. The summed E-state index contributed by atoms with van der Waals surface area (Å²) in [5.74, 6) is 6.09. The summed E-state index contributed by atoms with van der Waals surface area (Å²) in [4.78, 5) is 0. The van der Waals surface area contributed by atoms with Gasteiger partial charge < -0.3 is 0 Å². The van der Waals surface area contributed by atoms with Gasteiger partial charge in [0.1, 0.15) is 0 Å². The quantitative estimate of drug-likeness (QED) is 0.308. The lowest BCUT2D eigenvalue weighted by Crippen LogP contribution is -2.25. The fraction of sp³-hybridized carbons (Fsp3) is 0.929. The van der Waals surface area contributed by atoms with Crippen LogP contribution < -0.4 is 0 Å². The maximum absolute atomic E-state index is 4.49. The Labute approximate surface area is 179 Å². The van der Waals surface area contributed by atoms with Gasteiger partial charge in [-0.2, -0.15) is 0 Å². The van der Waals surface area contributed by atoms with Crippen molar-refractivity contribution in [2.24, 2.45) is 46.8 Å². The second-order valence-electron chi connectivity index (χ2n) is 12.3. The Bertz CT molecular complexity index is 437. The zero-order valence-electron chi connectivity index (χ0n) is 21.1. The van der Waals surface area contributed by atoms with Crippen LogP contribution in [-0.2, 0) is 0 Å². The van der Waals surface area contributed by atoms with Crippen LogP contribution in [-0.4, -0.2) is 0 Å². The van der Waals surface area contributed by atoms with E-state index < -0.39 is 0 Å². The standard InChI is InChI=1S/C28H54/c1-20(2)21(3)11-12-22(4)23(5)13-14-26-15-16-27(19-25(26)7)24(6)17-18-28(8,9)10/h20-23,25-27H,6,11-19H2,1-5,7-10H3. The molecule has 0 spiro atoms. The van der Waals surface area contributed by atoms with E-state index in [0.717, 1.165) is 41.4 Å². The van der Waals surface area contributed by atoms with Gasteiger partial charge in [-0.05, 0) is 85.4 Å². The Morgan fingerprint density at radius 3 is 2.00 bits per heavy atom. The highest BCUT2D eigenvalue weighted by Gasteiger charge is 2.29. The van der Waals surface area contributed by atoms with Crippen molar-refractivity contribution in [3.8, 4) is 0 Å². The van der Waals surface area contributed by atoms with Gasteiger partial charge >= 0.3 is 0 Å². The van der Waals surface area contributed by atoms with Crippen LogP contribution in [0.5, 0.6) is 0 Å². The van der Waals surface area contributed by atoms with E-state index in [0.29, 0.717) is 5.41 Å². The zero-order valence-corrected chi connectivity index (χ0v) is 21.1. The fourth-order valence-corrected chi connectivity index (χ4v) is 4.90. The molecule has 0 radical (unpaired) electrons. The number of allylic oxidation sites excluding steroid dienone is 1. The fourth-order valence-electron chi connectivity index (χ4n) is 4.90. The van der Waals surface area contributed by atoms with Gasteiger partial charge in [0, 0.05) is 0 Å². The van der Waals surface area contributed by atoms with Gasteiger partial charge in [0.25, 0.3) is 0 Å². The van der Waals surface area contributed by atoms with E-state index in [2.05, 4.69) is 68.9 Å². The first-order valence-corrected chi connectivity index (χ1v) is 12.6. The highest BCUT2D eigenvalue weighted by Crippen LogP contribution is 2.41. The average Bonchev–Trinajstić information content (AvgIpc) is 2.61. The highest BCUT2D eigenvalue weighted by atomic mass is 14.3. The maximum atomic E-state index is 4.49. The van der Waals surface area contributed by atoms with Crippen LogP contribution in [0.4, 0.5) is 0 Å². The SMILES string of the molecule is C=C(CCC(C)(C)C)C1CCC(CCC(C)C(C)CCC(C)C(C)C)C(C)C1. The van der Waals surface area contributed by atoms with E-state index in [1.54, 1.807) is 5.57 Å². The van der Waals surface area contributed by atoms with Crippen molar-refractivity contribution >= 4 is 0 Å². The summed E-state index contributed by atoms with van der Waals surface area (Å²) in [5, 5.41) is 0. The molecule has 1 rings (SSSR count). The molecule has 0 aromatic heterocycles. The van der Waals surface area contributed by atoms with Gasteiger partial charge in [0.2, 0.25) is 0 Å². The monoisotopic (exact) mass is 390 g/mol. The summed E-state index contributed by atoms with van der Waals surface area (Å²) >= 11 is 0. The van der Waals surface area contributed by atoms with Crippen LogP contribution in [0, 0.1) is 46.8 Å². The number of hydrogen-bond acceptors (Lipinski definition) is 0. The number of hydrogen-bond donors (Lipinski definition) is 0. The van der Waals surface area contributed by atoms with E-state index >= 15 is 0 Å². The molecule has 0 aliphatic heterocycles. The smallest absolute Gasteiger partial charge is 0.0203 e. The molecule has 166 valence electrons. The lowest BCUT2D eigenvalue weighted by atomic mass is 9.69. The first kappa shape index (κ1) is 25.8. The second-order valence-corrected chi connectivity index (χ2v) is 12.3. The molecule has 1 fully saturated rings. The van der Waals surface area contributed by atoms with Crippen LogP contribution in [0.25, 0.3) is 0 Å². The second kappa shape index (κ2) is 11.8. The van der Waals surface area contributed by atoms with E-state index in [-0.39, 0.29) is 0 Å². The van der Waals surface area contributed by atoms with Crippen LogP contribution >= 0.6 is 0 Å². The van der Waals surface area contributed by atoms with Crippen molar-refractivity contribution in [1.82, 2.24) is 0 Å². The minimum absolute atomic E-state index is 0.436. The molecule has 0 aromatic carbocycles. The van der Waals surface area contributed by atoms with Crippen LogP contribution in [0.15, 0.2) is 12.2 Å². The Morgan fingerprint density at radius 2 is 1.46 bits per heavy atom. The van der Waals surface area contributed by atoms with Crippen LogP contribution in [0.3, 0.4) is 0 Å². The highest BCUT2D eigenvalue weighted by molar-refractivity contribution is 5.03. The third-order valence-electron chi connectivity index (χ3n) is 8.30. The molecule has 1 aliphatic carbocycles. The van der Waals surface area contributed by atoms with Crippen molar-refractivity contribution in [3.05, 3.63) is 12.2 Å². The largest absolute Gasteiger partial charge is 0.0996 e. The Morgan fingerprint density at radius 1 is 0.893 bits per heavy atom. The van der Waals surface area contributed by atoms with Crippen LogP contribution in [0.2, 0.25) is 0 Å². The van der Waals surface area contributed by atoms with Gasteiger partial charge in [-0.25, -0.2) is 0 Å². The van der Waals surface area contributed by atoms with Crippen molar-refractivity contribution < 1.29 is 0 Å². The molecule has 0 heterocycles. The minimum atomic E-state index is 0.436. The predicted molar refractivity (Wildman–Crippen MR) is 129 cm³/mol. The molecule has 0 nitrogen and oxygen atoms in total. The average molecular weight is 391 g/mol. The van der Waals surface area contributed by atoms with Gasteiger partial charge in [-0.1, -0.05) is 93.7 Å². The van der Waals surface area contributed by atoms with Crippen molar-refractivity contribution in [2.45, 2.75) is 120 Å². The molecule has 1 saturated carbocycles. The maximum Gasteiger partial charge on any atom is -0.0203 e. The minimum Gasteiger partial charge on any atom is -0.0996 e. The van der Waals surface area contributed by atoms with E-state index in [9.17, 15) is 0 Å². The number of rotatable bonds is 11. The van der Waals surface area contributed by atoms with Crippen molar-refractivity contribution in [1.29, 1.82) is 0 Å². The summed E-state index contributed by atoms with van der Waals surface area (Å²) in [6, 6.07) is 0. The molecule has 28 heavy (non-hydrogen) atoms. The van der Waals surface area contributed by atoms with Gasteiger partial charge in [0.15, 0.2) is 0 Å². The van der Waals surface area contributed by atoms with Gasteiger partial charge in [0.05, 0.1) is 0 Å². The molecular formula is C28H54. The summed E-state index contributed by atoms with van der Waals surface area (Å²) < 4.78 is 0. The third kappa shape index (κ3) is 9.49. The lowest BCUT2D eigenvalue weighted by molar-refractivity contribution is 0.180. The Kier molecular flexibility index (Phi) is 10.9. The normalized spacial score (nSPS) is 26.9. The van der Waals surface area contributed by atoms with Gasteiger partial charge in [-0.3, -0.25) is 0 Å². The topological polar surface area (TPSA) is 0 Å². The van der Waals surface area contributed by atoms with E-state index in [1.807, 2.05) is 0 Å². The van der Waals surface area contributed by atoms with E-state index in [1.165, 1.54) is 57.8 Å². The molecular weight excluding hydrogens is 336 g/mol. The summed E-state index contributed by atoms with van der Waals surface area (Å²) in [6.07, 6.45) is 12.4. The lowest BCUT2D eigenvalue weighted by Gasteiger charge is -2.36. The first-order chi connectivity index (χ1) is 12.9. The summed E-state index contributed by atoms with van der Waals surface area (Å²) in [6.45, 7) is 26.2. The molecule has 6 unspecified atom stereocenters. The molecule has 0 amide bonds. The zero-order chi connectivity index (χ0) is 21.5. The third-order valence-corrected chi connectivity index (χ3v) is 8.30. The van der Waals surface area contributed by atoms with Crippen molar-refractivity contribution in [2.75, 3.05) is 0 Å². The summed E-state index contributed by atoms with van der Waals surface area (Å²) in [7, 11) is 0. The first-order valence-electron chi connectivity index (χ1n) is 12.6. The molecule has 0 N–H and O–H groups in total. The van der Waals surface area contributed by atoms with Crippen molar-refractivity contribution in [3.63, 3.8) is 0 Å². The van der Waals surface area contributed by atoms with E-state index in [4.69, 9.17) is 0 Å². The molecule has 0 heteroatoms. The van der Waals surface area contributed by atoms with Crippen LogP contribution in [0.1, 0.15) is 120 Å².